The van der Waals surface area contributed by atoms with E-state index in [9.17, 15) is 5.11 Å². The topological polar surface area (TPSA) is 32.3 Å². The van der Waals surface area contributed by atoms with E-state index < -0.39 is 0 Å². The monoisotopic (exact) mass is 227 g/mol. The van der Waals surface area contributed by atoms with E-state index in [2.05, 4.69) is 33.0 Å². The van der Waals surface area contributed by atoms with Crippen LogP contribution >= 0.6 is 0 Å². The van der Waals surface area contributed by atoms with Crippen molar-refractivity contribution < 1.29 is 5.11 Å². The molecule has 16 heavy (non-hydrogen) atoms. The fourth-order valence-electron chi connectivity index (χ4n) is 2.60. The quantitative estimate of drug-likeness (QED) is 0.701. The lowest BCUT2D eigenvalue weighted by Crippen LogP contribution is -2.41. The molecule has 1 aliphatic carbocycles. The Bertz CT molecular complexity index is 175. The van der Waals surface area contributed by atoms with E-state index in [-0.39, 0.29) is 6.10 Å². The van der Waals surface area contributed by atoms with Crippen LogP contribution in [-0.4, -0.2) is 23.8 Å². The van der Waals surface area contributed by atoms with Crippen LogP contribution in [0, 0.1) is 17.8 Å². The van der Waals surface area contributed by atoms with Gasteiger partial charge in [0, 0.05) is 6.04 Å². The summed E-state index contributed by atoms with van der Waals surface area (Å²) in [5.41, 5.74) is 0. The van der Waals surface area contributed by atoms with Crippen molar-refractivity contribution in [2.75, 3.05) is 6.54 Å². The molecular weight excluding hydrogens is 198 g/mol. The van der Waals surface area contributed by atoms with E-state index >= 15 is 0 Å². The molecule has 1 saturated carbocycles. The van der Waals surface area contributed by atoms with Gasteiger partial charge < -0.3 is 10.4 Å². The standard InChI is InChI=1S/C14H29NO/c1-10(2)5-13(6-11(3)4)15-9-12-7-14(16)8-12/h10-16H,5-9H2,1-4H3. The molecular formula is C14H29NO. The van der Waals surface area contributed by atoms with Crippen LogP contribution in [0.2, 0.25) is 0 Å². The highest BCUT2D eigenvalue weighted by molar-refractivity contribution is 4.82. The Labute approximate surface area is 101 Å². The van der Waals surface area contributed by atoms with Crippen LogP contribution in [0.15, 0.2) is 0 Å². The van der Waals surface area contributed by atoms with Crippen LogP contribution in [0.4, 0.5) is 0 Å². The minimum atomic E-state index is -0.0135. The molecule has 96 valence electrons. The molecule has 0 bridgehead atoms. The summed E-state index contributed by atoms with van der Waals surface area (Å²) in [5, 5.41) is 12.9. The Morgan fingerprint density at radius 2 is 1.56 bits per heavy atom. The van der Waals surface area contributed by atoms with Gasteiger partial charge in [0.05, 0.1) is 6.10 Å². The largest absolute Gasteiger partial charge is 0.393 e. The van der Waals surface area contributed by atoms with Crippen molar-refractivity contribution in [1.29, 1.82) is 0 Å². The van der Waals surface area contributed by atoms with Gasteiger partial charge in [0.25, 0.3) is 0 Å². The smallest absolute Gasteiger partial charge is 0.0546 e. The van der Waals surface area contributed by atoms with Gasteiger partial charge in [-0.2, -0.15) is 0 Å². The number of hydrogen-bond donors (Lipinski definition) is 2. The first-order chi connectivity index (χ1) is 7.47. The molecule has 0 spiro atoms. The second-order valence-electron chi connectivity index (χ2n) is 6.36. The highest BCUT2D eigenvalue weighted by Crippen LogP contribution is 2.26. The van der Waals surface area contributed by atoms with Gasteiger partial charge in [-0.3, -0.25) is 0 Å². The fourth-order valence-corrected chi connectivity index (χ4v) is 2.60. The first kappa shape index (κ1) is 14.0. The third kappa shape index (κ3) is 5.31. The number of nitrogens with one attached hydrogen (secondary N) is 1. The lowest BCUT2D eigenvalue weighted by atomic mass is 9.82. The molecule has 1 fully saturated rings. The van der Waals surface area contributed by atoms with Crippen molar-refractivity contribution in [3.63, 3.8) is 0 Å². The van der Waals surface area contributed by atoms with Crippen LogP contribution in [-0.2, 0) is 0 Å². The maximum absolute atomic E-state index is 9.25. The zero-order chi connectivity index (χ0) is 12.1. The lowest BCUT2D eigenvalue weighted by Gasteiger charge is -2.33. The Morgan fingerprint density at radius 1 is 1.06 bits per heavy atom. The van der Waals surface area contributed by atoms with Gasteiger partial charge in [0.15, 0.2) is 0 Å². The van der Waals surface area contributed by atoms with Crippen LogP contribution in [0.1, 0.15) is 53.4 Å². The minimum absolute atomic E-state index is 0.0135. The maximum Gasteiger partial charge on any atom is 0.0546 e. The van der Waals surface area contributed by atoms with Crippen molar-refractivity contribution in [1.82, 2.24) is 5.32 Å². The lowest BCUT2D eigenvalue weighted by molar-refractivity contribution is 0.0411. The van der Waals surface area contributed by atoms with Crippen molar-refractivity contribution >= 4 is 0 Å². The predicted octanol–water partition coefficient (Wildman–Crippen LogP) is 2.81. The molecule has 1 rings (SSSR count). The molecule has 0 aromatic heterocycles. The first-order valence-electron chi connectivity index (χ1n) is 6.88. The van der Waals surface area contributed by atoms with Crippen LogP contribution in [0.3, 0.4) is 0 Å². The highest BCUT2D eigenvalue weighted by atomic mass is 16.3. The van der Waals surface area contributed by atoms with Crippen molar-refractivity contribution in [3.8, 4) is 0 Å². The Balaban J connectivity index is 2.20. The summed E-state index contributed by atoms with van der Waals surface area (Å²) in [6.07, 6.45) is 4.54. The average molecular weight is 227 g/mol. The number of hydrogen-bond acceptors (Lipinski definition) is 2. The van der Waals surface area contributed by atoms with Gasteiger partial charge >= 0.3 is 0 Å². The first-order valence-corrected chi connectivity index (χ1v) is 6.88. The molecule has 0 saturated heterocycles. The van der Waals surface area contributed by atoms with E-state index in [0.717, 1.165) is 37.1 Å². The number of aliphatic hydroxyl groups excluding tert-OH is 1. The maximum atomic E-state index is 9.25. The molecule has 0 amide bonds. The van der Waals surface area contributed by atoms with E-state index in [0.29, 0.717) is 6.04 Å². The van der Waals surface area contributed by atoms with Crippen LogP contribution in [0.5, 0.6) is 0 Å². The highest BCUT2D eigenvalue weighted by Gasteiger charge is 2.27. The Kier molecular flexibility index (Phi) is 5.77. The van der Waals surface area contributed by atoms with Gasteiger partial charge in [0.2, 0.25) is 0 Å². The van der Waals surface area contributed by atoms with E-state index in [1.54, 1.807) is 0 Å². The number of aliphatic hydroxyl groups is 1. The summed E-state index contributed by atoms with van der Waals surface area (Å²) in [5.74, 6) is 2.25. The summed E-state index contributed by atoms with van der Waals surface area (Å²) in [4.78, 5) is 0. The van der Waals surface area contributed by atoms with Gasteiger partial charge in [-0.05, 0) is 50.0 Å². The molecule has 2 nitrogen and oxygen atoms in total. The second-order valence-corrected chi connectivity index (χ2v) is 6.36. The summed E-state index contributed by atoms with van der Waals surface area (Å²) < 4.78 is 0. The molecule has 1 aliphatic rings. The van der Waals surface area contributed by atoms with E-state index in [1.165, 1.54) is 12.8 Å². The summed E-state index contributed by atoms with van der Waals surface area (Å²) >= 11 is 0. The summed E-state index contributed by atoms with van der Waals surface area (Å²) in [7, 11) is 0. The molecule has 0 atom stereocenters. The molecule has 0 heterocycles. The molecule has 0 aliphatic heterocycles. The van der Waals surface area contributed by atoms with Crippen molar-refractivity contribution in [2.45, 2.75) is 65.5 Å². The molecule has 0 aromatic rings. The predicted molar refractivity (Wildman–Crippen MR) is 69.4 cm³/mol. The van der Waals surface area contributed by atoms with Crippen molar-refractivity contribution in [2.24, 2.45) is 17.8 Å². The zero-order valence-corrected chi connectivity index (χ0v) is 11.4. The average Bonchev–Trinajstić information content (AvgIpc) is 2.08. The third-order valence-electron chi connectivity index (χ3n) is 3.42. The third-order valence-corrected chi connectivity index (χ3v) is 3.42. The molecule has 0 aromatic carbocycles. The zero-order valence-electron chi connectivity index (χ0n) is 11.4. The Morgan fingerprint density at radius 3 is 1.94 bits per heavy atom. The molecule has 0 unspecified atom stereocenters. The van der Waals surface area contributed by atoms with Crippen molar-refractivity contribution in [3.05, 3.63) is 0 Å². The summed E-state index contributed by atoms with van der Waals surface area (Å²) in [6.45, 7) is 10.3. The Hall–Kier alpha value is -0.0800. The van der Waals surface area contributed by atoms with Crippen LogP contribution in [0.25, 0.3) is 0 Å². The second kappa shape index (κ2) is 6.61. The van der Waals surface area contributed by atoms with Gasteiger partial charge in [0.1, 0.15) is 0 Å². The van der Waals surface area contributed by atoms with Gasteiger partial charge in [-0.15, -0.1) is 0 Å². The molecule has 2 heteroatoms. The SMILES string of the molecule is CC(C)CC(CC(C)C)NCC1CC(O)C1. The fraction of sp³-hybridized carbons (Fsp3) is 1.00. The molecule has 2 N–H and O–H groups in total. The molecule has 0 radical (unpaired) electrons. The minimum Gasteiger partial charge on any atom is -0.393 e. The number of rotatable bonds is 7. The van der Waals surface area contributed by atoms with E-state index in [1.807, 2.05) is 0 Å². The summed E-state index contributed by atoms with van der Waals surface area (Å²) in [6, 6.07) is 0.665. The normalized spacial score (nSPS) is 25.5. The van der Waals surface area contributed by atoms with Crippen LogP contribution < -0.4 is 5.32 Å². The van der Waals surface area contributed by atoms with Gasteiger partial charge in [-0.25, -0.2) is 0 Å². The van der Waals surface area contributed by atoms with Gasteiger partial charge in [-0.1, -0.05) is 27.7 Å². The van der Waals surface area contributed by atoms with E-state index in [4.69, 9.17) is 0 Å².